The van der Waals surface area contributed by atoms with Gasteiger partial charge in [0.1, 0.15) is 6.61 Å². The number of hydrogen-bond donors (Lipinski definition) is 2. The highest BCUT2D eigenvalue weighted by Gasteiger charge is 2.19. The van der Waals surface area contributed by atoms with E-state index in [9.17, 15) is 14.7 Å². The molecule has 0 heterocycles. The normalized spacial score (nSPS) is 13.6. The van der Waals surface area contributed by atoms with Crippen molar-refractivity contribution in [3.8, 4) is 0 Å². The Morgan fingerprint density at radius 3 is 2.24 bits per heavy atom. The first kappa shape index (κ1) is 15.6. The van der Waals surface area contributed by atoms with Crippen LogP contribution in [-0.4, -0.2) is 61.3 Å². The molecule has 0 aliphatic rings. The average Bonchev–Trinajstić information content (AvgIpc) is 2.34. The first-order chi connectivity index (χ1) is 8.02. The Balaban J connectivity index is 3.76. The summed E-state index contributed by atoms with van der Waals surface area (Å²) < 4.78 is 13.5. The lowest BCUT2D eigenvalue weighted by Gasteiger charge is -2.12. The van der Waals surface area contributed by atoms with Crippen LogP contribution >= 0.6 is 0 Å². The largest absolute Gasteiger partial charge is 0.467 e. The fourth-order valence-electron chi connectivity index (χ4n) is 0.801. The van der Waals surface area contributed by atoms with Gasteiger partial charge in [-0.05, 0) is 0 Å². The van der Waals surface area contributed by atoms with Gasteiger partial charge >= 0.3 is 11.9 Å². The van der Waals surface area contributed by atoms with Gasteiger partial charge in [0.2, 0.25) is 0 Å². The number of carbonyl (C=O) groups is 2. The lowest BCUT2D eigenvalue weighted by atomic mass is 10.3. The molecule has 0 fully saturated rings. The molecule has 0 radical (unpaired) electrons. The van der Waals surface area contributed by atoms with E-state index in [0.717, 1.165) is 7.11 Å². The predicted octanol–water partition coefficient (Wildman–Crippen LogP) is -1.37. The van der Waals surface area contributed by atoms with Crippen LogP contribution in [0.15, 0.2) is 12.7 Å². The zero-order valence-corrected chi connectivity index (χ0v) is 9.50. The van der Waals surface area contributed by atoms with Crippen LogP contribution in [0.5, 0.6) is 0 Å². The molecule has 2 atom stereocenters. The summed E-state index contributed by atoms with van der Waals surface area (Å²) in [5.74, 6) is -1.72. The van der Waals surface area contributed by atoms with Crippen LogP contribution < -0.4 is 0 Å². The SMILES string of the molecule is C=CCOC(=O)C(O)COCC(O)C(=O)OC. The molecule has 2 N–H and O–H groups in total. The van der Waals surface area contributed by atoms with Crippen molar-refractivity contribution in [2.24, 2.45) is 0 Å². The van der Waals surface area contributed by atoms with E-state index in [-0.39, 0.29) is 19.8 Å². The van der Waals surface area contributed by atoms with Gasteiger partial charge in [-0.2, -0.15) is 0 Å². The summed E-state index contributed by atoms with van der Waals surface area (Å²) in [5.41, 5.74) is 0. The average molecular weight is 248 g/mol. The van der Waals surface area contributed by atoms with Crippen LogP contribution in [-0.2, 0) is 23.8 Å². The number of methoxy groups -OCH3 is 1. The van der Waals surface area contributed by atoms with E-state index in [1.807, 2.05) is 0 Å². The maximum Gasteiger partial charge on any atom is 0.337 e. The predicted molar refractivity (Wildman–Crippen MR) is 56.0 cm³/mol. The summed E-state index contributed by atoms with van der Waals surface area (Å²) in [7, 11) is 1.12. The smallest absolute Gasteiger partial charge is 0.337 e. The van der Waals surface area contributed by atoms with Crippen LogP contribution in [0, 0.1) is 0 Å². The molecule has 17 heavy (non-hydrogen) atoms. The maximum atomic E-state index is 11.0. The summed E-state index contributed by atoms with van der Waals surface area (Å²) in [5, 5.41) is 18.3. The van der Waals surface area contributed by atoms with Gasteiger partial charge in [-0.25, -0.2) is 9.59 Å². The standard InChI is InChI=1S/C10H16O7/c1-3-4-17-10(14)8(12)6-16-5-7(11)9(13)15-2/h3,7-8,11-12H,1,4-6H2,2H3. The van der Waals surface area contributed by atoms with Crippen molar-refractivity contribution in [3.63, 3.8) is 0 Å². The summed E-state index contributed by atoms with van der Waals surface area (Å²) in [4.78, 5) is 21.8. The number of aliphatic hydroxyl groups is 2. The molecule has 0 bridgehead atoms. The number of rotatable bonds is 8. The zero-order chi connectivity index (χ0) is 13.3. The van der Waals surface area contributed by atoms with Gasteiger partial charge in [0.05, 0.1) is 20.3 Å². The Morgan fingerprint density at radius 1 is 1.24 bits per heavy atom. The minimum Gasteiger partial charge on any atom is -0.467 e. The van der Waals surface area contributed by atoms with Crippen LogP contribution in [0.2, 0.25) is 0 Å². The molecule has 0 aromatic rings. The highest BCUT2D eigenvalue weighted by atomic mass is 16.6. The second-order valence-corrected chi connectivity index (χ2v) is 3.01. The summed E-state index contributed by atoms with van der Waals surface area (Å²) in [6, 6.07) is 0. The summed E-state index contributed by atoms with van der Waals surface area (Å²) in [6.07, 6.45) is -1.57. The fourth-order valence-corrected chi connectivity index (χ4v) is 0.801. The van der Waals surface area contributed by atoms with Gasteiger partial charge in [-0.15, -0.1) is 0 Å². The highest BCUT2D eigenvalue weighted by Crippen LogP contribution is 1.94. The molecular formula is C10H16O7. The lowest BCUT2D eigenvalue weighted by Crippen LogP contribution is -2.32. The molecule has 0 spiro atoms. The Bertz CT molecular complexity index is 263. The summed E-state index contributed by atoms with van der Waals surface area (Å²) >= 11 is 0. The number of carbonyl (C=O) groups excluding carboxylic acids is 2. The van der Waals surface area contributed by atoms with E-state index in [4.69, 9.17) is 9.84 Å². The number of hydrogen-bond acceptors (Lipinski definition) is 7. The molecule has 7 nitrogen and oxygen atoms in total. The van der Waals surface area contributed by atoms with E-state index >= 15 is 0 Å². The lowest BCUT2D eigenvalue weighted by molar-refractivity contribution is -0.159. The van der Waals surface area contributed by atoms with Gasteiger partial charge in [-0.1, -0.05) is 12.7 Å². The van der Waals surface area contributed by atoms with Crippen molar-refractivity contribution >= 4 is 11.9 Å². The van der Waals surface area contributed by atoms with Crippen LogP contribution in [0.4, 0.5) is 0 Å². The Kier molecular flexibility index (Phi) is 7.95. The first-order valence-corrected chi connectivity index (χ1v) is 4.82. The molecule has 0 aliphatic carbocycles. The minimum atomic E-state index is -1.47. The molecule has 2 unspecified atom stereocenters. The Labute approximate surface area is 98.6 Å². The van der Waals surface area contributed by atoms with Gasteiger partial charge in [-0.3, -0.25) is 0 Å². The third-order valence-corrected chi connectivity index (χ3v) is 1.64. The molecule has 0 aromatic carbocycles. The molecule has 0 amide bonds. The van der Waals surface area contributed by atoms with Crippen molar-refractivity contribution in [3.05, 3.63) is 12.7 Å². The zero-order valence-electron chi connectivity index (χ0n) is 9.50. The van der Waals surface area contributed by atoms with Crippen molar-refractivity contribution in [1.82, 2.24) is 0 Å². The third-order valence-electron chi connectivity index (χ3n) is 1.64. The van der Waals surface area contributed by atoms with Gasteiger partial charge in [0, 0.05) is 0 Å². The van der Waals surface area contributed by atoms with Crippen molar-refractivity contribution in [1.29, 1.82) is 0 Å². The maximum absolute atomic E-state index is 11.0. The first-order valence-electron chi connectivity index (χ1n) is 4.82. The van der Waals surface area contributed by atoms with E-state index in [2.05, 4.69) is 16.1 Å². The highest BCUT2D eigenvalue weighted by molar-refractivity contribution is 5.75. The quantitative estimate of drug-likeness (QED) is 0.403. The van der Waals surface area contributed by atoms with Crippen molar-refractivity contribution in [2.45, 2.75) is 12.2 Å². The second-order valence-electron chi connectivity index (χ2n) is 3.01. The van der Waals surface area contributed by atoms with E-state index in [1.165, 1.54) is 6.08 Å². The van der Waals surface area contributed by atoms with Crippen LogP contribution in [0.25, 0.3) is 0 Å². The van der Waals surface area contributed by atoms with Gasteiger partial charge in [0.15, 0.2) is 12.2 Å². The molecule has 0 saturated heterocycles. The third kappa shape index (κ3) is 6.67. The molecule has 0 aliphatic heterocycles. The van der Waals surface area contributed by atoms with Crippen LogP contribution in [0.3, 0.4) is 0 Å². The minimum absolute atomic E-state index is 0.0132. The van der Waals surface area contributed by atoms with Crippen molar-refractivity contribution < 1.29 is 34.0 Å². The summed E-state index contributed by atoms with van der Waals surface area (Å²) in [6.45, 7) is 2.56. The number of ether oxygens (including phenoxy) is 3. The molecule has 7 heteroatoms. The Hall–Kier alpha value is -1.44. The molecule has 0 rings (SSSR count). The molecule has 0 aromatic heterocycles. The Morgan fingerprint density at radius 2 is 1.76 bits per heavy atom. The van der Waals surface area contributed by atoms with Crippen molar-refractivity contribution in [2.75, 3.05) is 26.9 Å². The molecule has 98 valence electrons. The number of aliphatic hydroxyl groups excluding tert-OH is 2. The topological polar surface area (TPSA) is 102 Å². The fraction of sp³-hybridized carbons (Fsp3) is 0.600. The van der Waals surface area contributed by atoms with E-state index in [0.29, 0.717) is 0 Å². The van der Waals surface area contributed by atoms with Gasteiger partial charge in [0.25, 0.3) is 0 Å². The van der Waals surface area contributed by atoms with E-state index in [1.54, 1.807) is 0 Å². The van der Waals surface area contributed by atoms with Crippen LogP contribution in [0.1, 0.15) is 0 Å². The molecular weight excluding hydrogens is 232 g/mol. The second kappa shape index (κ2) is 8.68. The van der Waals surface area contributed by atoms with Gasteiger partial charge < -0.3 is 24.4 Å². The number of esters is 2. The van der Waals surface area contributed by atoms with E-state index < -0.39 is 24.1 Å². The molecule has 0 saturated carbocycles. The monoisotopic (exact) mass is 248 g/mol.